The van der Waals surface area contributed by atoms with Gasteiger partial charge in [-0.15, -0.1) is 0 Å². The van der Waals surface area contributed by atoms with Crippen molar-refractivity contribution in [3.8, 4) is 0 Å². The van der Waals surface area contributed by atoms with Crippen LogP contribution < -0.4 is 0 Å². The van der Waals surface area contributed by atoms with Crippen molar-refractivity contribution in [3.63, 3.8) is 0 Å². The highest BCUT2D eigenvalue weighted by atomic mass is 16.3. The summed E-state index contributed by atoms with van der Waals surface area (Å²) < 4.78 is 0. The minimum atomic E-state index is -0.370. The Hall–Kier alpha value is -0.860. The predicted octanol–water partition coefficient (Wildman–Crippen LogP) is 2.48. The zero-order valence-electron chi connectivity index (χ0n) is 10.7. The molecule has 0 radical (unpaired) electrons. The third-order valence-electron chi connectivity index (χ3n) is 4.11. The molecule has 1 aromatic carbocycles. The third kappa shape index (κ3) is 2.24. The summed E-state index contributed by atoms with van der Waals surface area (Å²) in [5.74, 6) is 0. The summed E-state index contributed by atoms with van der Waals surface area (Å²) in [7, 11) is 0. The van der Waals surface area contributed by atoms with Gasteiger partial charge < -0.3 is 5.11 Å². The Bertz CT molecular complexity index is 435. The lowest BCUT2D eigenvalue weighted by Crippen LogP contribution is -2.24. The van der Waals surface area contributed by atoms with Gasteiger partial charge in [0.25, 0.3) is 0 Å². The fourth-order valence-electron chi connectivity index (χ4n) is 2.65. The molecule has 0 spiro atoms. The number of hydrogen-bond acceptors (Lipinski definition) is 2. The molecule has 0 atom stereocenters. The minimum absolute atomic E-state index is 0.370. The molecular formula is C15H21NO. The smallest absolute Gasteiger partial charge is 0.0690 e. The van der Waals surface area contributed by atoms with E-state index < -0.39 is 0 Å². The van der Waals surface area contributed by atoms with Crippen LogP contribution in [-0.2, 0) is 19.5 Å². The van der Waals surface area contributed by atoms with E-state index in [0.717, 1.165) is 32.4 Å². The number of rotatable bonds is 3. The third-order valence-corrected chi connectivity index (χ3v) is 4.11. The summed E-state index contributed by atoms with van der Waals surface area (Å²) in [4.78, 5) is 2.49. The van der Waals surface area contributed by atoms with Gasteiger partial charge >= 0.3 is 0 Å². The van der Waals surface area contributed by atoms with E-state index in [4.69, 9.17) is 0 Å². The molecule has 3 rings (SSSR count). The molecule has 1 aliphatic carbocycles. The summed E-state index contributed by atoms with van der Waals surface area (Å²) in [5.41, 5.74) is 3.85. The van der Waals surface area contributed by atoms with Crippen molar-refractivity contribution in [2.75, 3.05) is 0 Å². The summed E-state index contributed by atoms with van der Waals surface area (Å²) in [6, 6.07) is 7.35. The number of nitrogens with zero attached hydrogens (tertiary/aromatic N) is 1. The van der Waals surface area contributed by atoms with E-state index in [1.807, 2.05) is 0 Å². The van der Waals surface area contributed by atoms with E-state index >= 15 is 0 Å². The van der Waals surface area contributed by atoms with Crippen LogP contribution in [0.15, 0.2) is 18.2 Å². The highest BCUT2D eigenvalue weighted by Crippen LogP contribution is 2.38. The van der Waals surface area contributed by atoms with Crippen LogP contribution in [-0.4, -0.2) is 21.6 Å². The SMILES string of the molecule is CC(C)N1Cc2ccc(CC3(O)CC3)cc2C1. The average molecular weight is 231 g/mol. The largest absolute Gasteiger partial charge is 0.390 e. The van der Waals surface area contributed by atoms with Gasteiger partial charge in [-0.25, -0.2) is 0 Å². The second-order valence-corrected chi connectivity index (χ2v) is 6.00. The molecule has 1 fully saturated rings. The molecule has 1 N–H and O–H groups in total. The van der Waals surface area contributed by atoms with E-state index in [2.05, 4.69) is 36.9 Å². The molecular weight excluding hydrogens is 210 g/mol. The predicted molar refractivity (Wildman–Crippen MR) is 68.7 cm³/mol. The normalized spacial score (nSPS) is 21.9. The topological polar surface area (TPSA) is 23.5 Å². The van der Waals surface area contributed by atoms with E-state index in [-0.39, 0.29) is 5.60 Å². The van der Waals surface area contributed by atoms with Gasteiger partial charge in [-0.1, -0.05) is 18.2 Å². The monoisotopic (exact) mass is 231 g/mol. The molecule has 0 amide bonds. The maximum Gasteiger partial charge on any atom is 0.0690 e. The molecule has 1 saturated carbocycles. The van der Waals surface area contributed by atoms with Crippen molar-refractivity contribution in [2.24, 2.45) is 0 Å². The zero-order valence-corrected chi connectivity index (χ0v) is 10.7. The first-order valence-electron chi connectivity index (χ1n) is 6.63. The zero-order chi connectivity index (χ0) is 12.0. The summed E-state index contributed by atoms with van der Waals surface area (Å²) in [5, 5.41) is 9.96. The molecule has 1 aromatic rings. The Morgan fingerprint density at radius 1 is 1.24 bits per heavy atom. The molecule has 1 heterocycles. The first-order valence-corrected chi connectivity index (χ1v) is 6.63. The summed E-state index contributed by atoms with van der Waals surface area (Å²) >= 11 is 0. The van der Waals surface area contributed by atoms with Crippen LogP contribution in [0.1, 0.15) is 43.4 Å². The quantitative estimate of drug-likeness (QED) is 0.864. The molecule has 2 heteroatoms. The Labute approximate surface area is 103 Å². The number of benzene rings is 1. The molecule has 17 heavy (non-hydrogen) atoms. The van der Waals surface area contributed by atoms with Crippen LogP contribution in [0.2, 0.25) is 0 Å². The number of hydrogen-bond donors (Lipinski definition) is 1. The first-order chi connectivity index (χ1) is 8.06. The van der Waals surface area contributed by atoms with Crippen LogP contribution in [0.4, 0.5) is 0 Å². The Morgan fingerprint density at radius 3 is 2.59 bits per heavy atom. The van der Waals surface area contributed by atoms with Crippen molar-refractivity contribution >= 4 is 0 Å². The Kier molecular flexibility index (Phi) is 2.53. The molecule has 0 saturated heterocycles. The Morgan fingerprint density at radius 2 is 1.94 bits per heavy atom. The van der Waals surface area contributed by atoms with Crippen molar-refractivity contribution in [1.82, 2.24) is 4.90 Å². The van der Waals surface area contributed by atoms with Gasteiger partial charge in [-0.3, -0.25) is 4.90 Å². The van der Waals surface area contributed by atoms with E-state index in [1.54, 1.807) is 0 Å². The minimum Gasteiger partial charge on any atom is -0.390 e. The highest BCUT2D eigenvalue weighted by molar-refractivity contribution is 5.36. The van der Waals surface area contributed by atoms with Crippen LogP contribution >= 0.6 is 0 Å². The molecule has 0 bridgehead atoms. The van der Waals surface area contributed by atoms with Crippen molar-refractivity contribution < 1.29 is 5.11 Å². The van der Waals surface area contributed by atoms with Gasteiger partial charge in [-0.05, 0) is 43.4 Å². The highest BCUT2D eigenvalue weighted by Gasteiger charge is 2.40. The number of fused-ring (bicyclic) bond motifs is 1. The van der Waals surface area contributed by atoms with Crippen LogP contribution in [0, 0.1) is 0 Å². The fraction of sp³-hybridized carbons (Fsp3) is 0.600. The maximum absolute atomic E-state index is 9.96. The van der Waals surface area contributed by atoms with Crippen molar-refractivity contribution in [2.45, 2.75) is 57.8 Å². The van der Waals surface area contributed by atoms with Gasteiger partial charge in [-0.2, -0.15) is 0 Å². The average Bonchev–Trinajstić information content (AvgIpc) is 2.84. The molecule has 0 aromatic heterocycles. The van der Waals surface area contributed by atoms with Crippen molar-refractivity contribution in [1.29, 1.82) is 0 Å². The first kappa shape index (κ1) is 11.2. The Balaban J connectivity index is 1.77. The van der Waals surface area contributed by atoms with Crippen LogP contribution in [0.25, 0.3) is 0 Å². The van der Waals surface area contributed by atoms with Gasteiger partial charge in [0.05, 0.1) is 5.60 Å². The van der Waals surface area contributed by atoms with Crippen LogP contribution in [0.3, 0.4) is 0 Å². The molecule has 0 unspecified atom stereocenters. The summed E-state index contributed by atoms with van der Waals surface area (Å²) in [6.45, 7) is 6.65. The van der Waals surface area contributed by atoms with Gasteiger partial charge in [0.1, 0.15) is 0 Å². The second-order valence-electron chi connectivity index (χ2n) is 6.00. The van der Waals surface area contributed by atoms with Gasteiger partial charge in [0, 0.05) is 25.6 Å². The fourth-order valence-corrected chi connectivity index (χ4v) is 2.65. The van der Waals surface area contributed by atoms with Crippen LogP contribution in [0.5, 0.6) is 0 Å². The van der Waals surface area contributed by atoms with E-state index in [1.165, 1.54) is 16.7 Å². The molecule has 2 nitrogen and oxygen atoms in total. The van der Waals surface area contributed by atoms with Crippen molar-refractivity contribution in [3.05, 3.63) is 34.9 Å². The standard InChI is InChI=1S/C15H21NO/c1-11(2)16-9-13-4-3-12(7-14(13)10-16)8-15(17)5-6-15/h3-4,7,11,17H,5-6,8-10H2,1-2H3. The summed E-state index contributed by atoms with van der Waals surface area (Å²) in [6.07, 6.45) is 2.78. The van der Waals surface area contributed by atoms with Gasteiger partial charge in [0.2, 0.25) is 0 Å². The maximum atomic E-state index is 9.96. The van der Waals surface area contributed by atoms with Gasteiger partial charge in [0.15, 0.2) is 0 Å². The van der Waals surface area contributed by atoms with E-state index in [9.17, 15) is 5.11 Å². The second kappa shape index (κ2) is 3.82. The lowest BCUT2D eigenvalue weighted by Gasteiger charge is -2.18. The molecule has 2 aliphatic rings. The van der Waals surface area contributed by atoms with E-state index in [0.29, 0.717) is 6.04 Å². The number of aliphatic hydroxyl groups is 1. The lowest BCUT2D eigenvalue weighted by molar-refractivity contribution is 0.151. The lowest BCUT2D eigenvalue weighted by atomic mass is 10.0. The molecule has 92 valence electrons. The molecule has 1 aliphatic heterocycles.